The Labute approximate surface area is 175 Å². The minimum Gasteiger partial charge on any atom is -0.345 e. The third-order valence-corrected chi connectivity index (χ3v) is 7.91. The van der Waals surface area contributed by atoms with Crippen molar-refractivity contribution in [2.45, 2.75) is 44.4 Å². The minimum atomic E-state index is -3.02. The average Bonchev–Trinajstić information content (AvgIpc) is 3.31. The SMILES string of the molecule is C=CCn1c(SCC(=O)c2cc(C)n(CC=C)c2C)nnc1[C@H]1CCS(=O)(=O)C1. The zero-order chi connectivity index (χ0) is 21.2. The second-order valence-corrected chi connectivity index (χ2v) is 10.4. The van der Waals surface area contributed by atoms with Crippen molar-refractivity contribution >= 4 is 27.4 Å². The number of thioether (sulfide) groups is 1. The number of rotatable bonds is 9. The molecule has 0 amide bonds. The van der Waals surface area contributed by atoms with Crippen molar-refractivity contribution in [1.82, 2.24) is 19.3 Å². The molecule has 7 nitrogen and oxygen atoms in total. The Morgan fingerprint density at radius 2 is 1.93 bits per heavy atom. The van der Waals surface area contributed by atoms with Crippen LogP contribution in [0.2, 0.25) is 0 Å². The number of hydrogen-bond acceptors (Lipinski definition) is 6. The molecule has 0 aliphatic carbocycles. The van der Waals surface area contributed by atoms with Crippen LogP contribution in [0.3, 0.4) is 0 Å². The van der Waals surface area contributed by atoms with Gasteiger partial charge in [0.05, 0.1) is 17.3 Å². The van der Waals surface area contributed by atoms with Gasteiger partial charge in [0.1, 0.15) is 5.82 Å². The van der Waals surface area contributed by atoms with E-state index in [1.165, 1.54) is 11.8 Å². The second-order valence-electron chi connectivity index (χ2n) is 7.24. The Bertz CT molecular complexity index is 1050. The Balaban J connectivity index is 1.77. The normalized spacial score (nSPS) is 18.1. The van der Waals surface area contributed by atoms with Crippen LogP contribution in [-0.4, -0.2) is 50.8 Å². The highest BCUT2D eigenvalue weighted by Gasteiger charge is 2.33. The zero-order valence-electron chi connectivity index (χ0n) is 16.8. The van der Waals surface area contributed by atoms with Gasteiger partial charge in [-0.25, -0.2) is 8.42 Å². The van der Waals surface area contributed by atoms with E-state index in [4.69, 9.17) is 0 Å². The predicted octanol–water partition coefficient (Wildman–Crippen LogP) is 2.95. The summed E-state index contributed by atoms with van der Waals surface area (Å²) in [5, 5.41) is 9.09. The summed E-state index contributed by atoms with van der Waals surface area (Å²) in [5.74, 6) is 1.04. The molecule has 1 aliphatic rings. The molecule has 29 heavy (non-hydrogen) atoms. The summed E-state index contributed by atoms with van der Waals surface area (Å²) in [7, 11) is -3.02. The van der Waals surface area contributed by atoms with Crippen molar-refractivity contribution in [3.63, 3.8) is 0 Å². The molecular formula is C20H26N4O3S2. The first kappa shape index (κ1) is 21.6. The molecule has 9 heteroatoms. The number of hydrogen-bond donors (Lipinski definition) is 0. The molecular weight excluding hydrogens is 408 g/mol. The van der Waals surface area contributed by atoms with Gasteiger partial charge in [0.2, 0.25) is 0 Å². The van der Waals surface area contributed by atoms with Crippen molar-refractivity contribution in [3.8, 4) is 0 Å². The fourth-order valence-electron chi connectivity index (χ4n) is 3.71. The van der Waals surface area contributed by atoms with Gasteiger partial charge in [-0.05, 0) is 26.3 Å². The third kappa shape index (κ3) is 4.56. The van der Waals surface area contributed by atoms with Crippen molar-refractivity contribution < 1.29 is 13.2 Å². The summed E-state index contributed by atoms with van der Waals surface area (Å²) >= 11 is 1.32. The number of allylic oxidation sites excluding steroid dienone is 2. The average molecular weight is 435 g/mol. The highest BCUT2D eigenvalue weighted by molar-refractivity contribution is 7.99. The number of sulfone groups is 1. The van der Waals surface area contributed by atoms with Gasteiger partial charge in [-0.15, -0.1) is 23.4 Å². The summed E-state index contributed by atoms with van der Waals surface area (Å²) in [6.07, 6.45) is 4.09. The monoisotopic (exact) mass is 434 g/mol. The van der Waals surface area contributed by atoms with E-state index in [0.29, 0.717) is 36.1 Å². The Hall–Kier alpha value is -2.13. The van der Waals surface area contributed by atoms with Crippen LogP contribution in [-0.2, 0) is 22.9 Å². The molecule has 0 saturated carbocycles. The quantitative estimate of drug-likeness (QED) is 0.343. The fraction of sp³-hybridized carbons (Fsp3) is 0.450. The molecule has 0 spiro atoms. The predicted molar refractivity (Wildman–Crippen MR) is 115 cm³/mol. The van der Waals surface area contributed by atoms with Gasteiger partial charge in [-0.3, -0.25) is 4.79 Å². The number of carbonyl (C=O) groups is 1. The summed E-state index contributed by atoms with van der Waals surface area (Å²) in [6.45, 7) is 12.6. The largest absolute Gasteiger partial charge is 0.345 e. The summed E-state index contributed by atoms with van der Waals surface area (Å²) < 4.78 is 27.6. The molecule has 3 rings (SSSR count). The lowest BCUT2D eigenvalue weighted by Gasteiger charge is -2.11. The first-order chi connectivity index (χ1) is 13.8. The number of nitrogens with zero attached hydrogens (tertiary/aromatic N) is 4. The molecule has 1 atom stereocenters. The highest BCUT2D eigenvalue weighted by Crippen LogP contribution is 2.30. The van der Waals surface area contributed by atoms with Crippen LogP contribution in [0.5, 0.6) is 0 Å². The second kappa shape index (κ2) is 8.71. The van der Waals surface area contributed by atoms with Gasteiger partial charge < -0.3 is 9.13 Å². The number of ketones is 1. The Morgan fingerprint density at radius 1 is 1.24 bits per heavy atom. The van der Waals surface area contributed by atoms with E-state index < -0.39 is 9.84 Å². The van der Waals surface area contributed by atoms with Crippen LogP contribution in [0.4, 0.5) is 0 Å². The van der Waals surface area contributed by atoms with Gasteiger partial charge >= 0.3 is 0 Å². The molecule has 0 unspecified atom stereocenters. The van der Waals surface area contributed by atoms with Crippen LogP contribution in [0, 0.1) is 13.8 Å². The van der Waals surface area contributed by atoms with Crippen molar-refractivity contribution in [2.75, 3.05) is 17.3 Å². The smallest absolute Gasteiger partial charge is 0.191 e. The standard InChI is InChI=1S/C20H26N4O3S2/c1-5-8-23-14(3)11-17(15(23)4)18(25)12-28-20-22-21-19(24(20)9-6-2)16-7-10-29(26,27)13-16/h5-6,11,16H,1-2,7-10,12-13H2,3-4H3/t16-/m0/s1. The molecule has 0 bridgehead atoms. The van der Waals surface area contributed by atoms with Gasteiger partial charge in [0.15, 0.2) is 20.8 Å². The maximum absolute atomic E-state index is 12.8. The van der Waals surface area contributed by atoms with Gasteiger partial charge in [-0.1, -0.05) is 23.9 Å². The minimum absolute atomic E-state index is 0.0246. The van der Waals surface area contributed by atoms with E-state index in [2.05, 4.69) is 27.9 Å². The Kier molecular flexibility index (Phi) is 6.48. The molecule has 3 heterocycles. The highest BCUT2D eigenvalue weighted by atomic mass is 32.2. The lowest BCUT2D eigenvalue weighted by Crippen LogP contribution is -2.12. The van der Waals surface area contributed by atoms with Gasteiger partial charge in [-0.2, -0.15) is 0 Å². The van der Waals surface area contributed by atoms with Crippen LogP contribution in [0.15, 0.2) is 36.5 Å². The van der Waals surface area contributed by atoms with E-state index in [9.17, 15) is 13.2 Å². The summed E-state index contributed by atoms with van der Waals surface area (Å²) in [4.78, 5) is 12.8. The molecule has 2 aromatic heterocycles. The van der Waals surface area contributed by atoms with E-state index in [1.54, 1.807) is 6.08 Å². The van der Waals surface area contributed by atoms with Crippen LogP contribution in [0.25, 0.3) is 0 Å². The van der Waals surface area contributed by atoms with Gasteiger partial charge in [0.25, 0.3) is 0 Å². The number of aryl methyl sites for hydroxylation is 1. The molecule has 1 fully saturated rings. The van der Waals surface area contributed by atoms with Crippen LogP contribution < -0.4 is 0 Å². The molecule has 0 radical (unpaired) electrons. The number of aromatic nitrogens is 4. The number of Topliss-reactive ketones (excluding diaryl/α,β-unsaturated/α-hetero) is 1. The summed E-state index contributed by atoms with van der Waals surface area (Å²) in [5.41, 5.74) is 2.65. The van der Waals surface area contributed by atoms with E-state index in [0.717, 1.165) is 11.4 Å². The van der Waals surface area contributed by atoms with E-state index >= 15 is 0 Å². The molecule has 1 saturated heterocycles. The number of carbonyl (C=O) groups excluding carboxylic acids is 1. The van der Waals surface area contributed by atoms with Crippen molar-refractivity contribution in [1.29, 1.82) is 0 Å². The van der Waals surface area contributed by atoms with Crippen molar-refractivity contribution in [2.24, 2.45) is 0 Å². The van der Waals surface area contributed by atoms with E-state index in [1.807, 2.05) is 30.6 Å². The Morgan fingerprint density at radius 3 is 2.55 bits per heavy atom. The lowest BCUT2D eigenvalue weighted by molar-refractivity contribution is 0.102. The molecule has 1 aliphatic heterocycles. The van der Waals surface area contributed by atoms with Crippen molar-refractivity contribution in [3.05, 3.63) is 54.2 Å². The maximum atomic E-state index is 12.8. The molecule has 2 aromatic rings. The van der Waals surface area contributed by atoms with E-state index in [-0.39, 0.29) is 29.0 Å². The topological polar surface area (TPSA) is 86.8 Å². The first-order valence-corrected chi connectivity index (χ1v) is 12.3. The first-order valence-electron chi connectivity index (χ1n) is 9.45. The molecule has 0 N–H and O–H groups in total. The maximum Gasteiger partial charge on any atom is 0.191 e. The van der Waals surface area contributed by atoms with Gasteiger partial charge in [0, 0.05) is 36.0 Å². The third-order valence-electron chi connectivity index (χ3n) is 5.17. The summed E-state index contributed by atoms with van der Waals surface area (Å²) in [6, 6.07) is 1.91. The molecule has 156 valence electrons. The van der Waals surface area contributed by atoms with Crippen LogP contribution >= 0.6 is 11.8 Å². The molecule has 0 aromatic carbocycles. The van der Waals surface area contributed by atoms with Crippen LogP contribution in [0.1, 0.15) is 39.9 Å². The zero-order valence-corrected chi connectivity index (χ0v) is 18.4. The fourth-order valence-corrected chi connectivity index (χ4v) is 6.29. The lowest BCUT2D eigenvalue weighted by atomic mass is 10.1.